The quantitative estimate of drug-likeness (QED) is 0.852. The summed E-state index contributed by atoms with van der Waals surface area (Å²) < 4.78 is 0. The number of pyridine rings is 1. The van der Waals surface area contributed by atoms with E-state index < -0.39 is 0 Å². The third-order valence-corrected chi connectivity index (χ3v) is 6.23. The number of hydrogen-bond donors (Lipinski definition) is 2. The lowest BCUT2D eigenvalue weighted by molar-refractivity contribution is -0.133. The lowest BCUT2D eigenvalue weighted by atomic mass is 9.90. The molecule has 1 aliphatic heterocycles. The number of carbonyl (C=O) groups excluding carboxylic acids is 2. The van der Waals surface area contributed by atoms with Crippen molar-refractivity contribution in [3.05, 3.63) is 30.2 Å². The number of aromatic nitrogens is 2. The summed E-state index contributed by atoms with van der Waals surface area (Å²) in [6, 6.07) is 3.72. The normalized spacial score (nSPS) is 21.0. The van der Waals surface area contributed by atoms with Crippen LogP contribution in [0.1, 0.15) is 50.0 Å². The molecule has 6 nitrogen and oxygen atoms in total. The molecule has 6 heteroatoms. The minimum Gasteiger partial charge on any atom is -0.350 e. The summed E-state index contributed by atoms with van der Waals surface area (Å²) >= 11 is 0. The van der Waals surface area contributed by atoms with Crippen LogP contribution in [-0.4, -0.2) is 46.3 Å². The first-order valence-electron chi connectivity index (χ1n) is 9.95. The number of fused-ring (bicyclic) bond motifs is 1. The van der Waals surface area contributed by atoms with E-state index in [1.165, 1.54) is 0 Å². The number of carbonyl (C=O) groups is 2. The molecule has 2 aromatic rings. The van der Waals surface area contributed by atoms with E-state index in [1.54, 1.807) is 12.4 Å². The number of hydrogen-bond acceptors (Lipinski definition) is 3. The molecule has 144 valence electrons. The fraction of sp³-hybridized carbons (Fsp3) is 0.571. The first kappa shape index (κ1) is 18.0. The molecule has 0 radical (unpaired) electrons. The fourth-order valence-corrected chi connectivity index (χ4v) is 4.42. The number of nitrogens with zero attached hydrogens (tertiary/aromatic N) is 2. The molecule has 1 saturated heterocycles. The van der Waals surface area contributed by atoms with Crippen LogP contribution in [-0.2, 0) is 4.79 Å². The zero-order valence-corrected chi connectivity index (χ0v) is 16.1. The van der Waals surface area contributed by atoms with Crippen molar-refractivity contribution in [1.29, 1.82) is 0 Å². The van der Waals surface area contributed by atoms with Crippen LogP contribution >= 0.6 is 0 Å². The second-order valence-corrected chi connectivity index (χ2v) is 8.60. The molecular formula is C21H28N4O2. The Balaban J connectivity index is 1.26. The molecule has 4 rings (SSSR count). The second kappa shape index (κ2) is 6.98. The van der Waals surface area contributed by atoms with Crippen LogP contribution in [0.3, 0.4) is 0 Å². The predicted molar refractivity (Wildman–Crippen MR) is 104 cm³/mol. The molecule has 1 spiro atoms. The molecule has 2 aromatic heterocycles. The zero-order valence-electron chi connectivity index (χ0n) is 16.1. The molecular weight excluding hydrogens is 340 g/mol. The van der Waals surface area contributed by atoms with E-state index in [-0.39, 0.29) is 5.91 Å². The molecule has 3 heterocycles. The van der Waals surface area contributed by atoms with Crippen molar-refractivity contribution in [3.63, 3.8) is 0 Å². The van der Waals surface area contributed by atoms with Crippen molar-refractivity contribution < 1.29 is 9.59 Å². The lowest BCUT2D eigenvalue weighted by Crippen LogP contribution is -2.40. The van der Waals surface area contributed by atoms with Gasteiger partial charge in [0, 0.05) is 49.4 Å². The highest BCUT2D eigenvalue weighted by Crippen LogP contribution is 2.59. The van der Waals surface area contributed by atoms with E-state index in [2.05, 4.69) is 29.1 Å². The minimum absolute atomic E-state index is 0.0576. The first-order valence-corrected chi connectivity index (χ1v) is 9.95. The number of aromatic amines is 1. The van der Waals surface area contributed by atoms with Gasteiger partial charge in [-0.2, -0.15) is 0 Å². The third-order valence-electron chi connectivity index (χ3n) is 6.23. The highest BCUT2D eigenvalue weighted by Gasteiger charge is 2.54. The van der Waals surface area contributed by atoms with E-state index >= 15 is 0 Å². The van der Waals surface area contributed by atoms with Crippen LogP contribution in [0.4, 0.5) is 0 Å². The number of likely N-dealkylation sites (tertiary alicyclic amines) is 1. The van der Waals surface area contributed by atoms with Gasteiger partial charge in [-0.1, -0.05) is 13.8 Å². The SMILES string of the molecule is CC(C)CC(=O)N1CCC2(CC1)CC2CNC(=O)c1cc2cnccc2[nH]1. The monoisotopic (exact) mass is 368 g/mol. The van der Waals surface area contributed by atoms with Gasteiger partial charge in [0.25, 0.3) is 5.91 Å². The summed E-state index contributed by atoms with van der Waals surface area (Å²) in [7, 11) is 0. The Morgan fingerprint density at radius 2 is 2.15 bits per heavy atom. The Morgan fingerprint density at radius 3 is 2.85 bits per heavy atom. The summed E-state index contributed by atoms with van der Waals surface area (Å²) in [5.41, 5.74) is 1.85. The van der Waals surface area contributed by atoms with E-state index in [9.17, 15) is 9.59 Å². The van der Waals surface area contributed by atoms with Gasteiger partial charge >= 0.3 is 0 Å². The smallest absolute Gasteiger partial charge is 0.267 e. The van der Waals surface area contributed by atoms with Crippen LogP contribution in [0, 0.1) is 17.3 Å². The maximum Gasteiger partial charge on any atom is 0.267 e. The maximum atomic E-state index is 12.4. The van der Waals surface area contributed by atoms with Crippen LogP contribution in [0.15, 0.2) is 24.5 Å². The van der Waals surface area contributed by atoms with Gasteiger partial charge < -0.3 is 15.2 Å². The molecule has 1 unspecified atom stereocenters. The highest BCUT2D eigenvalue weighted by atomic mass is 16.2. The largest absolute Gasteiger partial charge is 0.350 e. The minimum atomic E-state index is -0.0576. The van der Waals surface area contributed by atoms with Crippen LogP contribution in [0.2, 0.25) is 0 Å². The van der Waals surface area contributed by atoms with Crippen LogP contribution < -0.4 is 5.32 Å². The zero-order chi connectivity index (χ0) is 19.0. The number of piperidine rings is 1. The Bertz CT molecular complexity index is 816. The van der Waals surface area contributed by atoms with Gasteiger partial charge in [0.2, 0.25) is 5.91 Å². The van der Waals surface area contributed by atoms with E-state index in [0.717, 1.165) is 43.3 Å². The van der Waals surface area contributed by atoms with Gasteiger partial charge in [-0.05, 0) is 48.6 Å². The number of amides is 2. The summed E-state index contributed by atoms with van der Waals surface area (Å²) in [6.45, 7) is 6.63. The van der Waals surface area contributed by atoms with Gasteiger partial charge in [-0.15, -0.1) is 0 Å². The molecule has 0 bridgehead atoms. The molecule has 1 saturated carbocycles. The standard InChI is InChI=1S/C21H28N4O2/c1-14(2)9-19(26)25-7-4-21(5-8-25)11-16(21)13-23-20(27)18-10-15-12-22-6-3-17(15)24-18/h3,6,10,12,14,16,24H,4-5,7-9,11,13H2,1-2H3,(H,23,27). The molecule has 27 heavy (non-hydrogen) atoms. The maximum absolute atomic E-state index is 12.4. The molecule has 2 amide bonds. The van der Waals surface area contributed by atoms with Crippen molar-refractivity contribution in [2.24, 2.45) is 17.3 Å². The average molecular weight is 368 g/mol. The van der Waals surface area contributed by atoms with E-state index in [4.69, 9.17) is 0 Å². The first-order chi connectivity index (χ1) is 13.0. The van der Waals surface area contributed by atoms with Gasteiger partial charge in [0.15, 0.2) is 0 Å². The van der Waals surface area contributed by atoms with Gasteiger partial charge in [0.1, 0.15) is 5.69 Å². The summed E-state index contributed by atoms with van der Waals surface area (Å²) in [5, 5.41) is 4.03. The summed E-state index contributed by atoms with van der Waals surface area (Å²) in [5.74, 6) is 1.18. The third kappa shape index (κ3) is 3.70. The number of H-pyrrole nitrogens is 1. The average Bonchev–Trinajstić information content (AvgIpc) is 3.12. The molecule has 2 aliphatic rings. The lowest BCUT2D eigenvalue weighted by Gasteiger charge is -2.33. The summed E-state index contributed by atoms with van der Waals surface area (Å²) in [4.78, 5) is 33.9. The number of rotatable bonds is 5. The Kier molecular flexibility index (Phi) is 4.66. The molecule has 1 atom stereocenters. The molecule has 0 aromatic carbocycles. The molecule has 2 fully saturated rings. The number of nitrogens with one attached hydrogen (secondary N) is 2. The highest BCUT2D eigenvalue weighted by molar-refractivity contribution is 5.97. The Morgan fingerprint density at radius 1 is 1.37 bits per heavy atom. The van der Waals surface area contributed by atoms with Crippen molar-refractivity contribution in [3.8, 4) is 0 Å². The Labute approximate surface area is 159 Å². The Hall–Kier alpha value is -2.37. The van der Waals surface area contributed by atoms with Crippen molar-refractivity contribution in [2.45, 2.75) is 39.5 Å². The van der Waals surface area contributed by atoms with Crippen molar-refractivity contribution in [2.75, 3.05) is 19.6 Å². The molecule has 1 aliphatic carbocycles. The molecule has 2 N–H and O–H groups in total. The van der Waals surface area contributed by atoms with Crippen molar-refractivity contribution in [1.82, 2.24) is 20.2 Å². The van der Waals surface area contributed by atoms with Gasteiger partial charge in [-0.3, -0.25) is 14.6 Å². The second-order valence-electron chi connectivity index (χ2n) is 8.60. The van der Waals surface area contributed by atoms with Crippen LogP contribution in [0.5, 0.6) is 0 Å². The van der Waals surface area contributed by atoms with Gasteiger partial charge in [0.05, 0.1) is 0 Å². The summed E-state index contributed by atoms with van der Waals surface area (Å²) in [6.07, 6.45) is 7.41. The van der Waals surface area contributed by atoms with Crippen molar-refractivity contribution >= 4 is 22.7 Å². The van der Waals surface area contributed by atoms with Crippen LogP contribution in [0.25, 0.3) is 10.9 Å². The van der Waals surface area contributed by atoms with E-state index in [1.807, 2.05) is 17.0 Å². The van der Waals surface area contributed by atoms with E-state index in [0.29, 0.717) is 41.8 Å². The van der Waals surface area contributed by atoms with Gasteiger partial charge in [-0.25, -0.2) is 0 Å². The predicted octanol–water partition coefficient (Wildman–Crippen LogP) is 2.97. The topological polar surface area (TPSA) is 78.1 Å². The fourth-order valence-electron chi connectivity index (χ4n) is 4.42.